The van der Waals surface area contributed by atoms with Gasteiger partial charge in [-0.05, 0) is 12.1 Å². The zero-order chi connectivity index (χ0) is 11.5. The van der Waals surface area contributed by atoms with E-state index < -0.39 is 5.97 Å². The highest BCUT2D eigenvalue weighted by Crippen LogP contribution is 2.16. The fourth-order valence-corrected chi connectivity index (χ4v) is 1.57. The van der Waals surface area contributed by atoms with E-state index >= 15 is 0 Å². The molecule has 0 saturated carbocycles. The van der Waals surface area contributed by atoms with E-state index in [9.17, 15) is 9.59 Å². The van der Waals surface area contributed by atoms with Crippen molar-refractivity contribution in [3.05, 3.63) is 29.6 Å². The third kappa shape index (κ3) is 1.79. The Morgan fingerprint density at radius 3 is 3.00 bits per heavy atom. The van der Waals surface area contributed by atoms with E-state index in [0.29, 0.717) is 29.7 Å². The molecule has 0 radical (unpaired) electrons. The summed E-state index contributed by atoms with van der Waals surface area (Å²) in [6.45, 7) is 0. The van der Waals surface area contributed by atoms with Crippen molar-refractivity contribution in [2.75, 3.05) is 0 Å². The summed E-state index contributed by atoms with van der Waals surface area (Å²) in [5.74, 6) is -0.366. The second-order valence-electron chi connectivity index (χ2n) is 3.40. The van der Waals surface area contributed by atoms with Crippen LogP contribution in [0.3, 0.4) is 0 Å². The number of fused-ring (bicyclic) bond motifs is 1. The molecule has 0 aliphatic carbocycles. The standard InChI is InChI=1S/C11H10N2O3/c14-6-2-5-9-12-8-4-1-3-7(11(15)16)10(8)13-9/h1,3-4,6H,2,5H2,(H,12,13)(H,15,16). The Balaban J connectivity index is 2.48. The summed E-state index contributed by atoms with van der Waals surface area (Å²) < 4.78 is 0. The first-order valence-corrected chi connectivity index (χ1v) is 4.87. The number of hydrogen-bond donors (Lipinski definition) is 2. The maximum absolute atomic E-state index is 10.9. The minimum Gasteiger partial charge on any atom is -0.478 e. The van der Waals surface area contributed by atoms with Crippen LogP contribution in [0.2, 0.25) is 0 Å². The summed E-state index contributed by atoms with van der Waals surface area (Å²) in [5.41, 5.74) is 1.29. The summed E-state index contributed by atoms with van der Waals surface area (Å²) in [6, 6.07) is 4.93. The SMILES string of the molecule is O=CCCc1nc2c(C(=O)O)cccc2[nH]1. The van der Waals surface area contributed by atoms with Crippen molar-refractivity contribution in [2.24, 2.45) is 0 Å². The van der Waals surface area contributed by atoms with Gasteiger partial charge in [0.05, 0.1) is 11.1 Å². The lowest BCUT2D eigenvalue weighted by Gasteiger charge is -1.93. The second kappa shape index (κ2) is 4.14. The van der Waals surface area contributed by atoms with Crippen LogP contribution in [0.5, 0.6) is 0 Å². The number of carbonyl (C=O) groups is 2. The molecule has 16 heavy (non-hydrogen) atoms. The Morgan fingerprint density at radius 2 is 2.31 bits per heavy atom. The lowest BCUT2D eigenvalue weighted by atomic mass is 10.2. The smallest absolute Gasteiger partial charge is 0.337 e. The van der Waals surface area contributed by atoms with E-state index in [1.165, 1.54) is 6.07 Å². The third-order valence-corrected chi connectivity index (χ3v) is 2.29. The number of benzene rings is 1. The molecular formula is C11H10N2O3. The fraction of sp³-hybridized carbons (Fsp3) is 0.182. The van der Waals surface area contributed by atoms with Crippen molar-refractivity contribution < 1.29 is 14.7 Å². The molecule has 0 atom stereocenters. The van der Waals surface area contributed by atoms with Gasteiger partial charge in [0.2, 0.25) is 0 Å². The first-order chi connectivity index (χ1) is 7.72. The lowest BCUT2D eigenvalue weighted by molar-refractivity contribution is -0.107. The number of nitrogens with one attached hydrogen (secondary N) is 1. The molecule has 0 bridgehead atoms. The Kier molecular flexibility index (Phi) is 2.68. The number of hydrogen-bond acceptors (Lipinski definition) is 3. The average Bonchev–Trinajstić information content (AvgIpc) is 2.68. The van der Waals surface area contributed by atoms with Crippen molar-refractivity contribution in [3.63, 3.8) is 0 Å². The van der Waals surface area contributed by atoms with E-state index in [1.54, 1.807) is 12.1 Å². The zero-order valence-corrected chi connectivity index (χ0v) is 8.43. The number of aryl methyl sites for hydroxylation is 1. The van der Waals surface area contributed by atoms with Crippen LogP contribution >= 0.6 is 0 Å². The first-order valence-electron chi connectivity index (χ1n) is 4.87. The number of carboxylic acid groups (broad SMARTS) is 1. The molecule has 82 valence electrons. The van der Waals surface area contributed by atoms with Crippen LogP contribution in [-0.2, 0) is 11.2 Å². The number of aromatic nitrogens is 2. The lowest BCUT2D eigenvalue weighted by Crippen LogP contribution is -1.96. The molecule has 5 nitrogen and oxygen atoms in total. The van der Waals surface area contributed by atoms with Crippen LogP contribution in [0.25, 0.3) is 11.0 Å². The number of rotatable bonds is 4. The largest absolute Gasteiger partial charge is 0.478 e. The second-order valence-corrected chi connectivity index (χ2v) is 3.40. The summed E-state index contributed by atoms with van der Waals surface area (Å²) in [5, 5.41) is 8.96. The van der Waals surface area contributed by atoms with E-state index in [4.69, 9.17) is 5.11 Å². The van der Waals surface area contributed by atoms with Crippen LogP contribution < -0.4 is 0 Å². The summed E-state index contributed by atoms with van der Waals surface area (Å²) >= 11 is 0. The summed E-state index contributed by atoms with van der Waals surface area (Å²) in [7, 11) is 0. The predicted molar refractivity (Wildman–Crippen MR) is 57.4 cm³/mol. The molecule has 0 spiro atoms. The molecule has 0 saturated heterocycles. The van der Waals surface area contributed by atoms with Crippen molar-refractivity contribution in [3.8, 4) is 0 Å². The summed E-state index contributed by atoms with van der Waals surface area (Å²) in [4.78, 5) is 28.3. The quantitative estimate of drug-likeness (QED) is 0.759. The van der Waals surface area contributed by atoms with Gasteiger partial charge >= 0.3 is 5.97 Å². The predicted octanol–water partition coefficient (Wildman–Crippen LogP) is 1.39. The number of imidazole rings is 1. The van der Waals surface area contributed by atoms with Gasteiger partial charge in [-0.25, -0.2) is 9.78 Å². The molecule has 0 amide bonds. The summed E-state index contributed by atoms with van der Waals surface area (Å²) in [6.07, 6.45) is 1.69. The molecule has 2 aromatic rings. The topological polar surface area (TPSA) is 83.1 Å². The van der Waals surface area contributed by atoms with Crippen LogP contribution in [0.15, 0.2) is 18.2 Å². The number of aldehydes is 1. The van der Waals surface area contributed by atoms with Gasteiger partial charge in [-0.15, -0.1) is 0 Å². The highest BCUT2D eigenvalue weighted by Gasteiger charge is 2.11. The van der Waals surface area contributed by atoms with Gasteiger partial charge < -0.3 is 14.9 Å². The minimum atomic E-state index is -1.00. The minimum absolute atomic E-state index is 0.172. The van der Waals surface area contributed by atoms with Gasteiger partial charge in [0.25, 0.3) is 0 Å². The van der Waals surface area contributed by atoms with Gasteiger partial charge in [0.15, 0.2) is 0 Å². The Bertz CT molecular complexity index is 545. The molecule has 0 unspecified atom stereocenters. The molecule has 1 aromatic heterocycles. The normalized spacial score (nSPS) is 10.5. The van der Waals surface area contributed by atoms with Crippen LogP contribution in [0, 0.1) is 0 Å². The van der Waals surface area contributed by atoms with Gasteiger partial charge in [-0.1, -0.05) is 6.07 Å². The molecule has 5 heteroatoms. The number of aromatic amines is 1. The van der Waals surface area contributed by atoms with Gasteiger partial charge in [0.1, 0.15) is 17.6 Å². The molecular weight excluding hydrogens is 208 g/mol. The van der Waals surface area contributed by atoms with Crippen molar-refractivity contribution >= 4 is 23.3 Å². The van der Waals surface area contributed by atoms with Crippen molar-refractivity contribution in [1.29, 1.82) is 0 Å². The maximum Gasteiger partial charge on any atom is 0.337 e. The van der Waals surface area contributed by atoms with Gasteiger partial charge in [0, 0.05) is 12.8 Å². The maximum atomic E-state index is 10.9. The number of para-hydroxylation sites is 1. The molecule has 2 N–H and O–H groups in total. The fourth-order valence-electron chi connectivity index (χ4n) is 1.57. The molecule has 1 aromatic carbocycles. The van der Waals surface area contributed by atoms with Crippen molar-refractivity contribution in [2.45, 2.75) is 12.8 Å². The molecule has 2 rings (SSSR count). The number of aromatic carboxylic acids is 1. The highest BCUT2D eigenvalue weighted by molar-refractivity contribution is 6.00. The number of nitrogens with zero attached hydrogens (tertiary/aromatic N) is 1. The number of carbonyl (C=O) groups excluding carboxylic acids is 1. The van der Waals surface area contributed by atoms with E-state index in [2.05, 4.69) is 9.97 Å². The first kappa shape index (κ1) is 10.4. The number of carboxylic acids is 1. The van der Waals surface area contributed by atoms with E-state index in [-0.39, 0.29) is 5.56 Å². The average molecular weight is 218 g/mol. The zero-order valence-electron chi connectivity index (χ0n) is 8.43. The van der Waals surface area contributed by atoms with Crippen LogP contribution in [0.1, 0.15) is 22.6 Å². The van der Waals surface area contributed by atoms with Gasteiger partial charge in [-0.3, -0.25) is 0 Å². The Morgan fingerprint density at radius 1 is 1.50 bits per heavy atom. The van der Waals surface area contributed by atoms with Crippen LogP contribution in [0.4, 0.5) is 0 Å². The van der Waals surface area contributed by atoms with E-state index in [1.807, 2.05) is 0 Å². The molecule has 0 aliphatic rings. The Hall–Kier alpha value is -2.17. The Labute approximate surface area is 91.1 Å². The van der Waals surface area contributed by atoms with E-state index in [0.717, 1.165) is 6.29 Å². The van der Waals surface area contributed by atoms with Crippen molar-refractivity contribution in [1.82, 2.24) is 9.97 Å². The monoisotopic (exact) mass is 218 g/mol. The molecule has 0 fully saturated rings. The highest BCUT2D eigenvalue weighted by atomic mass is 16.4. The van der Waals surface area contributed by atoms with Crippen LogP contribution in [-0.4, -0.2) is 27.3 Å². The molecule has 1 heterocycles. The molecule has 0 aliphatic heterocycles. The number of H-pyrrole nitrogens is 1. The van der Waals surface area contributed by atoms with Gasteiger partial charge in [-0.2, -0.15) is 0 Å². The third-order valence-electron chi connectivity index (χ3n) is 2.29.